The lowest BCUT2D eigenvalue weighted by Gasteiger charge is -2.24. The number of likely N-dealkylation sites (N-methyl/N-ethyl adjacent to an activating group) is 1. The van der Waals surface area contributed by atoms with Crippen LogP contribution in [0.5, 0.6) is 0 Å². The lowest BCUT2D eigenvalue weighted by atomic mass is 10.0. The SMILES string of the molecule is CC/C=C\C/C=C\C/C=C\C/C=C\CCCCCCCOCC(COP(=O)(O)OCC[N+](C)(C)C)OC(=O)CCCCCCCCCCCCC/C=C\CCCCCCCCCC. The summed E-state index contributed by atoms with van der Waals surface area (Å²) in [5.41, 5.74) is 0. The Morgan fingerprint density at radius 2 is 0.921 bits per heavy atom. The molecule has 0 heterocycles. The van der Waals surface area contributed by atoms with Crippen LogP contribution in [0.4, 0.5) is 0 Å². The van der Waals surface area contributed by atoms with Gasteiger partial charge in [-0.2, -0.15) is 0 Å². The number of hydrogen-bond acceptors (Lipinski definition) is 6. The molecule has 9 heteroatoms. The Morgan fingerprint density at radius 3 is 1.40 bits per heavy atom. The van der Waals surface area contributed by atoms with Gasteiger partial charge in [-0.1, -0.05) is 197 Å². The molecule has 0 aliphatic carbocycles. The summed E-state index contributed by atoms with van der Waals surface area (Å²) in [4.78, 5) is 23.0. The molecule has 0 aromatic rings. The van der Waals surface area contributed by atoms with E-state index in [-0.39, 0.29) is 25.8 Å². The zero-order valence-electron chi connectivity index (χ0n) is 41.8. The van der Waals surface area contributed by atoms with Crippen LogP contribution in [0.25, 0.3) is 0 Å². The zero-order chi connectivity index (χ0) is 46.2. The van der Waals surface area contributed by atoms with Gasteiger partial charge in [-0.3, -0.25) is 13.8 Å². The summed E-state index contributed by atoms with van der Waals surface area (Å²) in [6.45, 7) is 5.48. The summed E-state index contributed by atoms with van der Waals surface area (Å²) in [5.74, 6) is -0.321. The molecule has 0 aliphatic heterocycles. The van der Waals surface area contributed by atoms with Crippen molar-refractivity contribution >= 4 is 13.8 Å². The van der Waals surface area contributed by atoms with Crippen LogP contribution < -0.4 is 0 Å². The molecule has 63 heavy (non-hydrogen) atoms. The number of hydrogen-bond donors (Lipinski definition) is 1. The van der Waals surface area contributed by atoms with E-state index in [1.807, 2.05) is 21.1 Å². The van der Waals surface area contributed by atoms with E-state index >= 15 is 0 Å². The highest BCUT2D eigenvalue weighted by atomic mass is 31.2. The Balaban J connectivity index is 4.15. The predicted molar refractivity (Wildman–Crippen MR) is 270 cm³/mol. The number of quaternary nitrogens is 1. The first-order valence-corrected chi connectivity index (χ1v) is 27.5. The van der Waals surface area contributed by atoms with E-state index in [0.29, 0.717) is 24.1 Å². The average Bonchev–Trinajstić information content (AvgIpc) is 3.24. The molecule has 0 spiro atoms. The number of nitrogens with zero attached hydrogens (tertiary/aromatic N) is 1. The molecule has 0 saturated heterocycles. The number of allylic oxidation sites excluding steroid dienone is 10. The van der Waals surface area contributed by atoms with Crippen molar-refractivity contribution in [3.63, 3.8) is 0 Å². The fourth-order valence-electron chi connectivity index (χ4n) is 7.07. The number of ether oxygens (including phenoxy) is 2. The third kappa shape index (κ3) is 51.1. The molecule has 0 saturated carbocycles. The van der Waals surface area contributed by atoms with Crippen molar-refractivity contribution in [1.82, 2.24) is 0 Å². The highest BCUT2D eigenvalue weighted by molar-refractivity contribution is 7.47. The molecule has 0 aromatic heterocycles. The summed E-state index contributed by atoms with van der Waals surface area (Å²) >= 11 is 0. The lowest BCUT2D eigenvalue weighted by molar-refractivity contribution is -0.870. The first kappa shape index (κ1) is 61.2. The van der Waals surface area contributed by atoms with Crippen LogP contribution in [0.15, 0.2) is 60.8 Å². The topological polar surface area (TPSA) is 91.3 Å². The minimum atomic E-state index is -4.29. The van der Waals surface area contributed by atoms with Crippen LogP contribution in [-0.4, -0.2) is 75.6 Å². The number of phosphoric ester groups is 1. The molecule has 0 fully saturated rings. The van der Waals surface area contributed by atoms with Gasteiger partial charge in [0, 0.05) is 13.0 Å². The maximum Gasteiger partial charge on any atom is 0.472 e. The van der Waals surface area contributed by atoms with Gasteiger partial charge < -0.3 is 18.9 Å². The number of carbonyl (C=O) groups excluding carboxylic acids is 1. The highest BCUT2D eigenvalue weighted by Crippen LogP contribution is 2.43. The van der Waals surface area contributed by atoms with Gasteiger partial charge in [-0.25, -0.2) is 4.57 Å². The van der Waals surface area contributed by atoms with E-state index < -0.39 is 13.9 Å². The van der Waals surface area contributed by atoms with Gasteiger partial charge in [0.25, 0.3) is 0 Å². The van der Waals surface area contributed by atoms with Crippen molar-refractivity contribution in [1.29, 1.82) is 0 Å². The zero-order valence-corrected chi connectivity index (χ0v) is 42.7. The number of phosphoric acid groups is 1. The Labute approximate surface area is 390 Å². The van der Waals surface area contributed by atoms with Crippen molar-refractivity contribution < 1.29 is 37.3 Å². The number of unbranched alkanes of at least 4 members (excludes halogenated alkanes) is 24. The second-order valence-corrected chi connectivity index (χ2v) is 20.0. The van der Waals surface area contributed by atoms with Crippen LogP contribution in [0.2, 0.25) is 0 Å². The van der Waals surface area contributed by atoms with Crippen molar-refractivity contribution in [2.75, 3.05) is 54.1 Å². The summed E-state index contributed by atoms with van der Waals surface area (Å²) in [5, 5.41) is 0. The standard InChI is InChI=1S/C54H100NO7P/c1-6-8-10-12-14-16-18-20-22-24-26-27-28-29-30-31-33-35-37-39-41-43-45-47-54(56)62-53(52-61-63(57,58)60-50-48-55(3,4)5)51-59-49-46-44-42-40-38-36-34-32-25-23-21-19-17-15-13-11-9-7-2/h9,11,15,17,21,23-24,26,32,34,53H,6-8,10,12-14,16,18-20,22,25,27-31,33,35-52H2,1-5H3/p+1/b11-9-,17-15-,23-21-,26-24-,34-32-. The van der Waals surface area contributed by atoms with Crippen molar-refractivity contribution in [2.24, 2.45) is 0 Å². The van der Waals surface area contributed by atoms with Gasteiger partial charge in [0.15, 0.2) is 0 Å². The summed E-state index contributed by atoms with van der Waals surface area (Å²) in [7, 11) is 1.65. The highest BCUT2D eigenvalue weighted by Gasteiger charge is 2.26. The van der Waals surface area contributed by atoms with Crippen LogP contribution in [0.3, 0.4) is 0 Å². The van der Waals surface area contributed by atoms with Crippen LogP contribution >= 0.6 is 7.82 Å². The Hall–Kier alpha value is -1.80. The minimum Gasteiger partial charge on any atom is -0.457 e. The van der Waals surface area contributed by atoms with E-state index in [4.69, 9.17) is 18.5 Å². The second kappa shape index (κ2) is 46.7. The molecular formula is C54H101NO7P+. The number of rotatable bonds is 48. The maximum atomic E-state index is 12.8. The molecule has 368 valence electrons. The van der Waals surface area contributed by atoms with Gasteiger partial charge in [-0.05, 0) is 77.0 Å². The van der Waals surface area contributed by atoms with Crippen molar-refractivity contribution in [2.45, 2.75) is 225 Å². The third-order valence-corrected chi connectivity index (χ3v) is 12.0. The van der Waals surface area contributed by atoms with Crippen LogP contribution in [0, 0.1) is 0 Å². The van der Waals surface area contributed by atoms with E-state index in [0.717, 1.165) is 70.6 Å². The fraction of sp³-hybridized carbons (Fsp3) is 0.796. The molecule has 0 aliphatic rings. The third-order valence-electron chi connectivity index (χ3n) is 11.1. The number of esters is 1. The largest absolute Gasteiger partial charge is 0.472 e. The van der Waals surface area contributed by atoms with Gasteiger partial charge in [0.1, 0.15) is 19.3 Å². The van der Waals surface area contributed by atoms with Crippen molar-refractivity contribution in [3.8, 4) is 0 Å². The molecule has 0 radical (unpaired) electrons. The minimum absolute atomic E-state index is 0.0826. The summed E-state index contributed by atoms with van der Waals surface area (Å²) in [6.07, 6.45) is 59.8. The van der Waals surface area contributed by atoms with E-state index in [2.05, 4.69) is 74.6 Å². The molecule has 0 bridgehead atoms. The summed E-state index contributed by atoms with van der Waals surface area (Å²) in [6, 6.07) is 0. The van der Waals surface area contributed by atoms with Gasteiger partial charge in [0.2, 0.25) is 0 Å². The maximum absolute atomic E-state index is 12.8. The summed E-state index contributed by atoms with van der Waals surface area (Å²) < 4.78 is 35.1. The molecule has 2 unspecified atom stereocenters. The van der Waals surface area contributed by atoms with E-state index in [1.54, 1.807) is 0 Å². The Kier molecular flexibility index (Phi) is 45.4. The molecule has 8 nitrogen and oxygen atoms in total. The smallest absolute Gasteiger partial charge is 0.457 e. The Bertz CT molecular complexity index is 1190. The normalized spacial score (nSPS) is 14.1. The van der Waals surface area contributed by atoms with Gasteiger partial charge in [-0.15, -0.1) is 0 Å². The van der Waals surface area contributed by atoms with E-state index in [1.165, 1.54) is 128 Å². The molecule has 0 amide bonds. The molecule has 1 N–H and O–H groups in total. The first-order chi connectivity index (χ1) is 30.6. The average molecular weight is 907 g/mol. The lowest BCUT2D eigenvalue weighted by Crippen LogP contribution is -2.37. The quantitative estimate of drug-likeness (QED) is 0.0214. The molecule has 0 aromatic carbocycles. The second-order valence-electron chi connectivity index (χ2n) is 18.5. The van der Waals surface area contributed by atoms with Crippen LogP contribution in [0.1, 0.15) is 219 Å². The fourth-order valence-corrected chi connectivity index (χ4v) is 7.81. The number of carbonyl (C=O) groups is 1. The monoisotopic (exact) mass is 907 g/mol. The van der Waals surface area contributed by atoms with Gasteiger partial charge >= 0.3 is 13.8 Å². The predicted octanol–water partition coefficient (Wildman–Crippen LogP) is 16.1. The molecule has 0 rings (SSSR count). The molecular weight excluding hydrogens is 806 g/mol. The van der Waals surface area contributed by atoms with Gasteiger partial charge in [0.05, 0.1) is 34.4 Å². The van der Waals surface area contributed by atoms with E-state index in [9.17, 15) is 14.3 Å². The first-order valence-electron chi connectivity index (χ1n) is 26.0. The Morgan fingerprint density at radius 1 is 0.508 bits per heavy atom. The van der Waals surface area contributed by atoms with Crippen LogP contribution in [-0.2, 0) is 27.9 Å². The molecule has 2 atom stereocenters. The van der Waals surface area contributed by atoms with Crippen molar-refractivity contribution in [3.05, 3.63) is 60.8 Å².